The fraction of sp³-hybridized carbons (Fsp3) is 0.323. The zero-order valence-electron chi connectivity index (χ0n) is 24.0. The van der Waals surface area contributed by atoms with Crippen molar-refractivity contribution in [3.05, 3.63) is 83.6 Å². The molecule has 1 saturated heterocycles. The number of nitrogens with zero attached hydrogens (tertiary/aromatic N) is 4. The van der Waals surface area contributed by atoms with Crippen molar-refractivity contribution in [3.8, 4) is 17.0 Å². The Kier molecular flexibility index (Phi) is 8.43. The number of fused-ring (bicyclic) bond motifs is 1. The molecule has 232 valence electrons. The predicted molar refractivity (Wildman–Crippen MR) is 153 cm³/mol. The molecule has 13 heteroatoms. The summed E-state index contributed by atoms with van der Waals surface area (Å²) in [5.74, 6) is 0.406. The first-order chi connectivity index (χ1) is 20.7. The number of hydrogen-bond acceptors (Lipinski definition) is 6. The molecule has 0 spiro atoms. The maximum atomic E-state index is 13.4. The molecule has 4 aromatic rings. The highest BCUT2D eigenvalue weighted by Gasteiger charge is 2.37. The third-order valence-corrected chi connectivity index (χ3v) is 7.20. The topological polar surface area (TPSA) is 70.6 Å². The minimum absolute atomic E-state index is 0.0155. The van der Waals surface area contributed by atoms with Gasteiger partial charge in [0, 0.05) is 44.3 Å². The standard InChI is InChI=1S/C31H29F6N5O2/c1-18-15-42(16-19(2)39-18)28-38-14-26(27(40-28)25-10-6-8-21-7-4-5-9-24(21)25)44-29(43)41(3)17-20-11-22(30(32,33)34)13-23(12-20)31(35,36)37/h4-14,18-19,39H,15-17H2,1-3H3/t18-,19+. The lowest BCUT2D eigenvalue weighted by Crippen LogP contribution is -2.54. The molecule has 1 aliphatic rings. The Balaban J connectivity index is 1.48. The van der Waals surface area contributed by atoms with Gasteiger partial charge >= 0.3 is 18.4 Å². The average Bonchev–Trinajstić information content (AvgIpc) is 2.95. The number of ether oxygens (including phenoxy) is 1. The highest BCUT2D eigenvalue weighted by molar-refractivity contribution is 5.97. The Morgan fingerprint density at radius 2 is 1.57 bits per heavy atom. The van der Waals surface area contributed by atoms with Crippen molar-refractivity contribution in [2.45, 2.75) is 44.8 Å². The van der Waals surface area contributed by atoms with Crippen LogP contribution in [-0.4, -0.2) is 53.2 Å². The summed E-state index contributed by atoms with van der Waals surface area (Å²) < 4.78 is 85.8. The second-order valence-corrected chi connectivity index (χ2v) is 10.9. The zero-order valence-corrected chi connectivity index (χ0v) is 24.0. The van der Waals surface area contributed by atoms with Crippen LogP contribution in [0.5, 0.6) is 5.75 Å². The van der Waals surface area contributed by atoms with Crippen LogP contribution in [0.15, 0.2) is 66.9 Å². The van der Waals surface area contributed by atoms with E-state index in [4.69, 9.17) is 9.72 Å². The maximum Gasteiger partial charge on any atom is 0.416 e. The fourth-order valence-corrected chi connectivity index (χ4v) is 5.32. The number of anilines is 1. The van der Waals surface area contributed by atoms with Gasteiger partial charge in [0.2, 0.25) is 5.95 Å². The van der Waals surface area contributed by atoms with E-state index in [-0.39, 0.29) is 29.5 Å². The molecule has 1 aliphatic heterocycles. The van der Waals surface area contributed by atoms with Crippen molar-refractivity contribution in [3.63, 3.8) is 0 Å². The van der Waals surface area contributed by atoms with Gasteiger partial charge in [-0.1, -0.05) is 42.5 Å². The molecule has 0 radical (unpaired) electrons. The summed E-state index contributed by atoms with van der Waals surface area (Å²) in [6, 6.07) is 14.7. The van der Waals surface area contributed by atoms with E-state index in [1.54, 1.807) is 0 Å². The first kappa shape index (κ1) is 31.0. The number of aromatic nitrogens is 2. The van der Waals surface area contributed by atoms with Gasteiger partial charge in [-0.15, -0.1) is 0 Å². The zero-order chi connectivity index (χ0) is 31.8. The highest BCUT2D eigenvalue weighted by Crippen LogP contribution is 2.37. The molecule has 1 amide bonds. The Labute approximate surface area is 249 Å². The van der Waals surface area contributed by atoms with Crippen LogP contribution in [0.1, 0.15) is 30.5 Å². The first-order valence-electron chi connectivity index (χ1n) is 13.8. The van der Waals surface area contributed by atoms with E-state index >= 15 is 0 Å². The molecule has 2 heterocycles. The number of piperazine rings is 1. The normalized spacial score (nSPS) is 17.5. The van der Waals surface area contributed by atoms with E-state index in [2.05, 4.69) is 10.3 Å². The van der Waals surface area contributed by atoms with Crippen molar-refractivity contribution in [2.75, 3.05) is 25.0 Å². The van der Waals surface area contributed by atoms with Crippen LogP contribution in [-0.2, 0) is 18.9 Å². The average molecular weight is 618 g/mol. The monoisotopic (exact) mass is 617 g/mol. The Morgan fingerprint density at radius 1 is 0.955 bits per heavy atom. The van der Waals surface area contributed by atoms with Gasteiger partial charge in [0.15, 0.2) is 5.75 Å². The maximum absolute atomic E-state index is 13.4. The molecule has 7 nitrogen and oxygen atoms in total. The minimum atomic E-state index is -5.01. The van der Waals surface area contributed by atoms with Gasteiger partial charge in [-0.3, -0.25) is 0 Å². The largest absolute Gasteiger partial charge is 0.416 e. The highest BCUT2D eigenvalue weighted by atomic mass is 19.4. The molecule has 5 rings (SSSR count). The van der Waals surface area contributed by atoms with Crippen LogP contribution in [0.2, 0.25) is 0 Å². The summed E-state index contributed by atoms with van der Waals surface area (Å²) >= 11 is 0. The minimum Gasteiger partial charge on any atom is -0.406 e. The number of rotatable bonds is 5. The molecule has 0 saturated carbocycles. The molecule has 2 atom stereocenters. The van der Waals surface area contributed by atoms with E-state index in [1.165, 1.54) is 13.2 Å². The Hall–Kier alpha value is -4.39. The number of halogens is 6. The lowest BCUT2D eigenvalue weighted by molar-refractivity contribution is -0.143. The van der Waals surface area contributed by atoms with Gasteiger partial charge in [0.05, 0.1) is 17.3 Å². The second-order valence-electron chi connectivity index (χ2n) is 10.9. The first-order valence-corrected chi connectivity index (χ1v) is 13.8. The van der Waals surface area contributed by atoms with Crippen LogP contribution in [0.25, 0.3) is 22.0 Å². The summed E-state index contributed by atoms with van der Waals surface area (Å²) in [7, 11) is 1.21. The summed E-state index contributed by atoms with van der Waals surface area (Å²) in [6.45, 7) is 4.78. The van der Waals surface area contributed by atoms with E-state index in [9.17, 15) is 31.1 Å². The van der Waals surface area contributed by atoms with E-state index < -0.39 is 36.1 Å². The molecule has 3 aromatic carbocycles. The number of benzene rings is 3. The number of hydrogen-bond donors (Lipinski definition) is 1. The molecule has 1 N–H and O–H groups in total. The van der Waals surface area contributed by atoms with Crippen molar-refractivity contribution in [1.82, 2.24) is 20.2 Å². The number of alkyl halides is 6. The molecule has 0 bridgehead atoms. The second kappa shape index (κ2) is 11.9. The van der Waals surface area contributed by atoms with Gasteiger partial charge in [-0.05, 0) is 48.4 Å². The number of carbonyl (C=O) groups excluding carboxylic acids is 1. The Bertz CT molecular complexity index is 1630. The van der Waals surface area contributed by atoms with Crippen molar-refractivity contribution in [2.24, 2.45) is 0 Å². The Morgan fingerprint density at radius 3 is 2.20 bits per heavy atom. The van der Waals surface area contributed by atoms with Crippen molar-refractivity contribution < 1.29 is 35.9 Å². The predicted octanol–water partition coefficient (Wildman–Crippen LogP) is 7.15. The number of amides is 1. The van der Waals surface area contributed by atoms with Gasteiger partial charge in [-0.2, -0.15) is 26.3 Å². The molecule has 0 unspecified atom stereocenters. The number of nitrogens with one attached hydrogen (secondary N) is 1. The number of carbonyl (C=O) groups is 1. The van der Waals surface area contributed by atoms with Gasteiger partial charge in [0.25, 0.3) is 0 Å². The summed E-state index contributed by atoms with van der Waals surface area (Å²) in [6.07, 6.45) is -9.68. The van der Waals surface area contributed by atoms with E-state index in [0.717, 1.165) is 15.7 Å². The summed E-state index contributed by atoms with van der Waals surface area (Å²) in [4.78, 5) is 25.3. The van der Waals surface area contributed by atoms with Gasteiger partial charge < -0.3 is 19.9 Å². The fourth-order valence-electron chi connectivity index (χ4n) is 5.32. The van der Waals surface area contributed by atoms with Crippen molar-refractivity contribution >= 4 is 22.8 Å². The quantitative estimate of drug-likeness (QED) is 0.240. The molecular formula is C31H29F6N5O2. The van der Waals surface area contributed by atoms with Crippen LogP contribution >= 0.6 is 0 Å². The van der Waals surface area contributed by atoms with Crippen LogP contribution in [0.3, 0.4) is 0 Å². The van der Waals surface area contributed by atoms with Gasteiger partial charge in [-0.25, -0.2) is 14.8 Å². The van der Waals surface area contributed by atoms with Crippen LogP contribution in [0.4, 0.5) is 37.1 Å². The smallest absolute Gasteiger partial charge is 0.406 e. The van der Waals surface area contributed by atoms with E-state index in [1.807, 2.05) is 61.2 Å². The molecular weight excluding hydrogens is 588 g/mol. The van der Waals surface area contributed by atoms with Gasteiger partial charge in [0.1, 0.15) is 5.69 Å². The third-order valence-electron chi connectivity index (χ3n) is 7.20. The lowest BCUT2D eigenvalue weighted by atomic mass is 10.0. The molecule has 1 aromatic heterocycles. The summed E-state index contributed by atoms with van der Waals surface area (Å²) in [5.41, 5.74) is -2.34. The SMILES string of the molecule is C[C@@H]1CN(c2ncc(OC(=O)N(C)Cc3cc(C(F)(F)F)cc(C(F)(F)F)c3)c(-c3cccc4ccccc34)n2)C[C@H](C)N1. The third kappa shape index (κ3) is 6.88. The van der Waals surface area contributed by atoms with Crippen LogP contribution < -0.4 is 15.0 Å². The van der Waals surface area contributed by atoms with Crippen LogP contribution in [0, 0.1) is 0 Å². The van der Waals surface area contributed by atoms with Crippen molar-refractivity contribution in [1.29, 1.82) is 0 Å². The summed E-state index contributed by atoms with van der Waals surface area (Å²) in [5, 5.41) is 5.19. The molecule has 44 heavy (non-hydrogen) atoms. The molecule has 1 fully saturated rings. The molecule has 0 aliphatic carbocycles. The lowest BCUT2D eigenvalue weighted by Gasteiger charge is -2.36. The van der Waals surface area contributed by atoms with E-state index in [0.29, 0.717) is 42.4 Å².